The average molecular weight is 1470 g/mol. The van der Waals surface area contributed by atoms with Crippen molar-refractivity contribution in [3.05, 3.63) is 90.1 Å². The third-order valence-electron chi connectivity index (χ3n) is 17.3. The van der Waals surface area contributed by atoms with Gasteiger partial charge < -0.3 is 95.7 Å². The fourth-order valence-corrected chi connectivity index (χ4v) is 11.7. The number of rotatable bonds is 28. The maximum absolute atomic E-state index is 14.9. The van der Waals surface area contributed by atoms with Crippen LogP contribution in [0.3, 0.4) is 0 Å². The zero-order valence-electron chi connectivity index (χ0n) is 58.5. The van der Waals surface area contributed by atoms with Crippen LogP contribution in [-0.2, 0) is 86.4 Å². The number of aromatic nitrogens is 3. The second kappa shape index (κ2) is 43.1. The highest BCUT2D eigenvalue weighted by Crippen LogP contribution is 2.20. The Bertz CT molecular complexity index is 3620. The SMILES string of the molecule is CCC[C@H](NC(=O)CNC(=O)CNC(=O)CN1CCN(CC(=O)O)CCN(CC(=O)O)CCN(CC(=O)O)CC1)C(=O)N[C@H]1CC(=O)NCCCC[C@@H](C(N)=O)NC(=O)[C@H](Cc2c[nH]c3ccccc23)NC(=O)[C@H](CCCN=C(N)N)NC(=O)[C@@H](Cc2ccccc2)NC(=O)[C@H](Cc2cnc[nH]2)NC1=O. The van der Waals surface area contributed by atoms with Crippen LogP contribution >= 0.6 is 0 Å². The van der Waals surface area contributed by atoms with Gasteiger partial charge in [0.25, 0.3) is 0 Å². The predicted molar refractivity (Wildman–Crippen MR) is 378 cm³/mol. The number of nitrogens with zero attached hydrogens (tertiary/aromatic N) is 6. The van der Waals surface area contributed by atoms with E-state index in [4.69, 9.17) is 17.2 Å². The minimum absolute atomic E-state index is 0.0108. The number of carbonyl (C=O) groups excluding carboxylic acids is 11. The molecule has 2 aliphatic rings. The van der Waals surface area contributed by atoms with E-state index in [2.05, 4.69) is 73.1 Å². The van der Waals surface area contributed by atoms with Crippen molar-refractivity contribution in [1.29, 1.82) is 0 Å². The summed E-state index contributed by atoms with van der Waals surface area (Å²) < 4.78 is 0. The lowest BCUT2D eigenvalue weighted by Crippen LogP contribution is -2.61. The number of nitrogens with one attached hydrogen (secondary N) is 12. The molecule has 2 saturated heterocycles. The molecule has 2 fully saturated rings. The van der Waals surface area contributed by atoms with Crippen molar-refractivity contribution in [3.63, 3.8) is 0 Å². The first kappa shape index (κ1) is 82.8. The summed E-state index contributed by atoms with van der Waals surface area (Å²) in [5, 5.41) is 55.5. The Balaban J connectivity index is 1.20. The number of fused-ring (bicyclic) bond motifs is 1. The lowest BCUT2D eigenvalue weighted by Gasteiger charge is -2.32. The van der Waals surface area contributed by atoms with Crippen LogP contribution in [0.15, 0.2) is 78.3 Å². The van der Waals surface area contributed by atoms with E-state index < -0.39 is 145 Å². The maximum Gasteiger partial charge on any atom is 0.317 e. The second-order valence-electron chi connectivity index (χ2n) is 25.6. The van der Waals surface area contributed by atoms with Crippen LogP contribution in [-0.4, -0.2) is 286 Å². The fraction of sp³-hybridized carbons (Fsp3) is 0.522. The van der Waals surface area contributed by atoms with Gasteiger partial charge in [-0.1, -0.05) is 61.9 Å². The minimum Gasteiger partial charge on any atom is -0.480 e. The summed E-state index contributed by atoms with van der Waals surface area (Å²) in [6.07, 6.45) is 3.53. The molecule has 0 saturated carbocycles. The monoisotopic (exact) mass is 1470 g/mol. The number of nitrogens with two attached hydrogens (primary N) is 3. The van der Waals surface area contributed by atoms with E-state index in [1.165, 1.54) is 12.5 Å². The number of amides is 11. The number of carbonyl (C=O) groups is 14. The van der Waals surface area contributed by atoms with E-state index in [1.807, 2.05) is 18.2 Å². The topological polar surface area (TPSA) is 568 Å². The predicted octanol–water partition coefficient (Wildman–Crippen LogP) is -5.95. The number of benzene rings is 2. The average Bonchev–Trinajstić information content (AvgIpc) is 1.72. The van der Waals surface area contributed by atoms with Gasteiger partial charge in [-0.05, 0) is 55.7 Å². The Labute approximate surface area is 604 Å². The molecule has 6 rings (SSSR count). The van der Waals surface area contributed by atoms with Crippen molar-refractivity contribution >= 4 is 99.7 Å². The number of primary amides is 1. The number of hydrogen-bond acceptors (Lipinski definition) is 20. The summed E-state index contributed by atoms with van der Waals surface area (Å²) in [4.78, 5) is 211. The van der Waals surface area contributed by atoms with E-state index in [0.717, 1.165) is 10.9 Å². The lowest BCUT2D eigenvalue weighted by atomic mass is 10.0. The Morgan fingerprint density at radius 2 is 1.14 bits per heavy atom. The van der Waals surface area contributed by atoms with Gasteiger partial charge in [-0.15, -0.1) is 0 Å². The maximum atomic E-state index is 14.9. The highest BCUT2D eigenvalue weighted by Gasteiger charge is 2.36. The Morgan fingerprint density at radius 1 is 0.610 bits per heavy atom. The molecule has 0 aliphatic carbocycles. The number of H-pyrrole nitrogens is 2. The van der Waals surface area contributed by atoms with Crippen LogP contribution in [0.25, 0.3) is 10.9 Å². The zero-order chi connectivity index (χ0) is 76.4. The number of carboxylic acids is 3. The highest BCUT2D eigenvalue weighted by atomic mass is 16.4. The molecule has 0 spiro atoms. The van der Waals surface area contributed by atoms with Crippen LogP contribution in [0.1, 0.15) is 75.1 Å². The summed E-state index contributed by atoms with van der Waals surface area (Å²) in [5.41, 5.74) is 19.3. The van der Waals surface area contributed by atoms with Gasteiger partial charge in [-0.3, -0.25) is 91.7 Å². The largest absolute Gasteiger partial charge is 0.480 e. The van der Waals surface area contributed by atoms with Crippen molar-refractivity contribution in [2.24, 2.45) is 22.2 Å². The Hall–Kier alpha value is -11.1. The molecular weight excluding hydrogens is 1370 g/mol. The van der Waals surface area contributed by atoms with E-state index in [1.54, 1.807) is 69.1 Å². The molecule has 4 aromatic rings. The molecule has 7 atom stereocenters. The molecule has 11 amide bonds. The van der Waals surface area contributed by atoms with Gasteiger partial charge in [0.15, 0.2) is 5.96 Å². The highest BCUT2D eigenvalue weighted by molar-refractivity contribution is 5.99. The molecule has 2 aliphatic heterocycles. The van der Waals surface area contributed by atoms with E-state index in [0.29, 0.717) is 16.8 Å². The van der Waals surface area contributed by atoms with Crippen LogP contribution in [0, 0.1) is 0 Å². The number of hydrogen-bond donors (Lipinski definition) is 18. The van der Waals surface area contributed by atoms with Gasteiger partial charge in [0.1, 0.15) is 42.3 Å². The molecule has 21 N–H and O–H groups in total. The number of guanidine groups is 1. The van der Waals surface area contributed by atoms with Crippen LogP contribution in [0.4, 0.5) is 0 Å². The van der Waals surface area contributed by atoms with E-state index in [-0.39, 0.29) is 162 Å². The molecule has 38 heteroatoms. The molecule has 572 valence electrons. The number of para-hydroxylation sites is 1. The Morgan fingerprint density at radius 3 is 1.72 bits per heavy atom. The van der Waals surface area contributed by atoms with Crippen molar-refractivity contribution in [2.75, 3.05) is 105 Å². The fourth-order valence-electron chi connectivity index (χ4n) is 11.7. The molecule has 0 unspecified atom stereocenters. The summed E-state index contributed by atoms with van der Waals surface area (Å²) in [6, 6.07) is 5.33. The first-order chi connectivity index (χ1) is 50.2. The number of aromatic amines is 2. The zero-order valence-corrected chi connectivity index (χ0v) is 58.5. The molecule has 105 heavy (non-hydrogen) atoms. The van der Waals surface area contributed by atoms with Gasteiger partial charge in [-0.25, -0.2) is 4.98 Å². The minimum atomic E-state index is -1.78. The smallest absolute Gasteiger partial charge is 0.317 e. The molecule has 2 aromatic heterocycles. The molecule has 2 aromatic carbocycles. The quantitative estimate of drug-likeness (QED) is 0.0143. The van der Waals surface area contributed by atoms with Gasteiger partial charge in [0.2, 0.25) is 65.0 Å². The molecule has 0 bridgehead atoms. The summed E-state index contributed by atoms with van der Waals surface area (Å²) in [6.45, 7) is -0.0482. The van der Waals surface area contributed by atoms with Crippen molar-refractivity contribution in [3.8, 4) is 0 Å². The molecule has 38 nitrogen and oxygen atoms in total. The van der Waals surface area contributed by atoms with Gasteiger partial charge in [0, 0.05) is 114 Å². The first-order valence-corrected chi connectivity index (χ1v) is 34.6. The van der Waals surface area contributed by atoms with Crippen molar-refractivity contribution in [2.45, 2.75) is 120 Å². The van der Waals surface area contributed by atoms with Crippen LogP contribution < -0.4 is 70.4 Å². The molecule has 4 heterocycles. The summed E-state index contributed by atoms with van der Waals surface area (Å²) in [7, 11) is 0. The van der Waals surface area contributed by atoms with Crippen LogP contribution in [0.5, 0.6) is 0 Å². The van der Waals surface area contributed by atoms with Gasteiger partial charge >= 0.3 is 17.9 Å². The van der Waals surface area contributed by atoms with Crippen molar-refractivity contribution in [1.82, 2.24) is 87.7 Å². The van der Waals surface area contributed by atoms with Crippen molar-refractivity contribution < 1.29 is 82.4 Å². The van der Waals surface area contributed by atoms with Gasteiger partial charge in [0.05, 0.1) is 52.0 Å². The first-order valence-electron chi connectivity index (χ1n) is 34.6. The third-order valence-corrected chi connectivity index (χ3v) is 17.3. The van der Waals surface area contributed by atoms with E-state index in [9.17, 15) is 82.4 Å². The van der Waals surface area contributed by atoms with Crippen LogP contribution in [0.2, 0.25) is 0 Å². The normalized spacial score (nSPS) is 20.6. The second-order valence-corrected chi connectivity index (χ2v) is 25.6. The number of aliphatic carboxylic acids is 3. The third kappa shape index (κ3) is 30.0. The number of imidazole rings is 1. The Kier molecular flexibility index (Phi) is 34.0. The lowest BCUT2D eigenvalue weighted by molar-refractivity contribution is -0.140. The summed E-state index contributed by atoms with van der Waals surface area (Å²) in [5.74, 6) is -13.2. The number of carboxylic acid groups (broad SMARTS) is 3. The van der Waals surface area contributed by atoms with E-state index >= 15 is 0 Å². The summed E-state index contributed by atoms with van der Waals surface area (Å²) >= 11 is 0. The molecule has 0 radical (unpaired) electrons. The number of aliphatic imine (C=N–C) groups is 1. The van der Waals surface area contributed by atoms with Gasteiger partial charge in [-0.2, -0.15) is 0 Å². The standard InChI is InChI=1S/C67H97N21O17/c1-2-11-47(78-55(91)35-75-54(90)34-76-56(92)36-85-20-22-86(37-57(93)94)24-26-88(39-59(97)98)27-25-87(23-21-85)38-58(95)96)61(100)84-52-31-53(89)72-18-9-8-16-46(60(68)99)79-64(103)50(29-42-32-74-45-15-7-6-14-44(42)45)82-62(101)48(17-10-19-73-67(69)70)80-63(102)49(28-41-12-4-3-5-13-41)81-65(104)51(83-66(52)105)30-43-33-71-40-77-43/h3-7,12-15,32-33,40,46-52,74H,2,8-11,16-31,34-39H2,1H3,(H2,68,99)(H,71,77)(H,72,89)(H,75,90)(H,76,92)(H,78,91)(H,79,103)(H,80,102)(H,81,104)(H,82,101)(H,83,105)(H,84,100)(H,93,94)(H,95,96)(H,97,98)(H4,69,70,73)/t46-,47-,48-,49+,50-,51-,52-/m0/s1. The molecular formula is C67H97N21O17.